The highest BCUT2D eigenvalue weighted by Gasteiger charge is 2.43. The van der Waals surface area contributed by atoms with Crippen LogP contribution in [0.15, 0.2) is 31.1 Å². The zero-order chi connectivity index (χ0) is 27.1. The Morgan fingerprint density at radius 3 is 2.14 bits per heavy atom. The highest BCUT2D eigenvalue weighted by Crippen LogP contribution is 2.36. The fourth-order valence-corrected chi connectivity index (χ4v) is 3.92. The normalized spacial score (nSPS) is 22.0. The number of morpholine rings is 1. The number of aliphatic carboxylic acids is 2. The van der Waals surface area contributed by atoms with Crippen molar-refractivity contribution in [3.8, 4) is 0 Å². The van der Waals surface area contributed by atoms with Gasteiger partial charge in [0.1, 0.15) is 5.82 Å². The van der Waals surface area contributed by atoms with Gasteiger partial charge >= 0.3 is 24.3 Å². The number of halogens is 6. The van der Waals surface area contributed by atoms with Gasteiger partial charge in [0.25, 0.3) is 0 Å². The number of ether oxygens (including phenoxy) is 1. The summed E-state index contributed by atoms with van der Waals surface area (Å²) in [5, 5.41) is 14.2. The van der Waals surface area contributed by atoms with Crippen LogP contribution in [0, 0.1) is 5.92 Å². The lowest BCUT2D eigenvalue weighted by atomic mass is 10.0. The van der Waals surface area contributed by atoms with Crippen molar-refractivity contribution >= 4 is 11.9 Å². The van der Waals surface area contributed by atoms with Gasteiger partial charge in [0.15, 0.2) is 0 Å². The van der Waals surface area contributed by atoms with Crippen LogP contribution in [0.2, 0.25) is 0 Å². The Hall–Kier alpha value is -3.14. The van der Waals surface area contributed by atoms with E-state index >= 15 is 0 Å². The second-order valence-electron chi connectivity index (χ2n) is 8.03. The van der Waals surface area contributed by atoms with E-state index in [1.54, 1.807) is 0 Å². The highest BCUT2D eigenvalue weighted by atomic mass is 19.4. The second-order valence-corrected chi connectivity index (χ2v) is 8.03. The Kier molecular flexibility index (Phi) is 9.86. The van der Waals surface area contributed by atoms with E-state index in [4.69, 9.17) is 24.5 Å². The number of hydrogen-bond donors (Lipinski definition) is 2. The first-order valence-corrected chi connectivity index (χ1v) is 10.6. The molecule has 202 valence electrons. The number of imidazole rings is 2. The van der Waals surface area contributed by atoms with Crippen molar-refractivity contribution in [1.29, 1.82) is 0 Å². The van der Waals surface area contributed by atoms with Crippen LogP contribution < -0.4 is 0 Å². The Morgan fingerprint density at radius 2 is 1.67 bits per heavy atom. The molecule has 2 N–H and O–H groups in total. The molecular weight excluding hydrogens is 504 g/mol. The molecule has 10 nitrogen and oxygen atoms in total. The number of aromatic nitrogens is 4. The van der Waals surface area contributed by atoms with Crippen molar-refractivity contribution in [2.45, 2.75) is 50.4 Å². The van der Waals surface area contributed by atoms with Gasteiger partial charge in [0, 0.05) is 56.9 Å². The second kappa shape index (κ2) is 12.2. The third-order valence-corrected chi connectivity index (χ3v) is 5.59. The monoisotopic (exact) mass is 529 g/mol. The van der Waals surface area contributed by atoms with Crippen LogP contribution in [0.3, 0.4) is 0 Å². The van der Waals surface area contributed by atoms with E-state index in [1.165, 1.54) is 12.8 Å². The van der Waals surface area contributed by atoms with Crippen LogP contribution in [-0.4, -0.2) is 83.8 Å². The predicted octanol–water partition coefficient (Wildman–Crippen LogP) is 2.56. The molecule has 3 atom stereocenters. The summed E-state index contributed by atoms with van der Waals surface area (Å²) in [5.74, 6) is -3.79. The van der Waals surface area contributed by atoms with Gasteiger partial charge in [-0.2, -0.15) is 26.3 Å². The van der Waals surface area contributed by atoms with E-state index in [1.807, 2.05) is 31.1 Å². The highest BCUT2D eigenvalue weighted by molar-refractivity contribution is 5.73. The number of nitrogens with zero attached hydrogens (tertiary/aromatic N) is 5. The molecule has 2 aliphatic rings. The van der Waals surface area contributed by atoms with Crippen LogP contribution in [0.25, 0.3) is 0 Å². The third-order valence-electron chi connectivity index (χ3n) is 5.59. The maximum Gasteiger partial charge on any atom is 0.490 e. The maximum absolute atomic E-state index is 10.6. The zero-order valence-electron chi connectivity index (χ0n) is 19.0. The quantitative estimate of drug-likeness (QED) is 0.580. The maximum atomic E-state index is 10.6. The number of aryl methyl sites for hydroxylation is 1. The molecule has 2 fully saturated rings. The lowest BCUT2D eigenvalue weighted by molar-refractivity contribution is -0.193. The lowest BCUT2D eigenvalue weighted by Crippen LogP contribution is -2.50. The molecule has 1 aliphatic heterocycles. The average Bonchev–Trinajstić information content (AvgIpc) is 3.52. The zero-order valence-corrected chi connectivity index (χ0v) is 19.0. The van der Waals surface area contributed by atoms with Crippen LogP contribution in [0.5, 0.6) is 0 Å². The molecule has 1 aliphatic carbocycles. The molecule has 1 saturated heterocycles. The van der Waals surface area contributed by atoms with E-state index in [9.17, 15) is 26.3 Å². The van der Waals surface area contributed by atoms with E-state index in [2.05, 4.69) is 31.0 Å². The first-order valence-electron chi connectivity index (χ1n) is 10.6. The molecule has 16 heteroatoms. The van der Waals surface area contributed by atoms with Crippen LogP contribution in [0.1, 0.15) is 18.7 Å². The molecular formula is C20H25F6N5O5. The number of carbonyl (C=O) groups is 2. The Balaban J connectivity index is 0.000000271. The smallest absolute Gasteiger partial charge is 0.475 e. The van der Waals surface area contributed by atoms with Gasteiger partial charge in [-0.1, -0.05) is 0 Å². The molecule has 2 aromatic rings. The number of carboxylic acid groups (broad SMARTS) is 2. The van der Waals surface area contributed by atoms with Crippen LogP contribution in [0.4, 0.5) is 26.3 Å². The summed E-state index contributed by atoms with van der Waals surface area (Å²) in [6, 6.07) is 0.527. The standard InChI is InChI=1S/C16H23N5O.2C2HF3O2/c1-19-6-5-18-15(19)11-21-8-9-22-16-13(2-3-14(16)21)10-20-7-4-17-12-20;2*3-2(4,5)1(6)7/h4-7,12-14,16H,2-3,8-11H2,1H3;2*(H,6,7). The van der Waals surface area contributed by atoms with E-state index in [-0.39, 0.29) is 0 Å². The van der Waals surface area contributed by atoms with E-state index in [0.717, 1.165) is 32.1 Å². The van der Waals surface area contributed by atoms with Gasteiger partial charge in [-0.3, -0.25) is 4.90 Å². The van der Waals surface area contributed by atoms with Crippen molar-refractivity contribution < 1.29 is 50.9 Å². The van der Waals surface area contributed by atoms with Crippen molar-refractivity contribution in [3.63, 3.8) is 0 Å². The first-order chi connectivity index (χ1) is 16.7. The largest absolute Gasteiger partial charge is 0.490 e. The summed E-state index contributed by atoms with van der Waals surface area (Å²) in [5.41, 5.74) is 0. The van der Waals surface area contributed by atoms with Crippen LogP contribution in [-0.2, 0) is 34.5 Å². The molecule has 0 amide bonds. The van der Waals surface area contributed by atoms with Crippen molar-refractivity contribution in [3.05, 3.63) is 36.9 Å². The molecule has 3 heterocycles. The first kappa shape index (κ1) is 29.1. The predicted molar refractivity (Wildman–Crippen MR) is 109 cm³/mol. The fraction of sp³-hybridized carbons (Fsp3) is 0.600. The Labute approximate surface area is 201 Å². The molecule has 0 aromatic carbocycles. The summed E-state index contributed by atoms with van der Waals surface area (Å²) in [6.45, 7) is 3.76. The number of hydrogen-bond acceptors (Lipinski definition) is 6. The molecule has 0 spiro atoms. The molecule has 1 saturated carbocycles. The molecule has 0 radical (unpaired) electrons. The SMILES string of the molecule is Cn1ccnc1CN1CCOC2C(Cn3ccnc3)CCC21.O=C(O)C(F)(F)F.O=C(O)C(F)(F)F. The van der Waals surface area contributed by atoms with E-state index < -0.39 is 24.3 Å². The van der Waals surface area contributed by atoms with Gasteiger partial charge in [-0.05, 0) is 12.8 Å². The van der Waals surface area contributed by atoms with Crippen molar-refractivity contribution in [2.24, 2.45) is 13.0 Å². The molecule has 0 bridgehead atoms. The Bertz CT molecular complexity index is 955. The summed E-state index contributed by atoms with van der Waals surface area (Å²) in [7, 11) is 2.07. The fourth-order valence-electron chi connectivity index (χ4n) is 3.92. The molecule has 36 heavy (non-hydrogen) atoms. The number of rotatable bonds is 4. The lowest BCUT2D eigenvalue weighted by Gasteiger charge is -2.39. The summed E-state index contributed by atoms with van der Waals surface area (Å²) in [4.78, 5) is 29.0. The van der Waals surface area contributed by atoms with Crippen LogP contribution >= 0.6 is 0 Å². The molecule has 2 aromatic heterocycles. The van der Waals surface area contributed by atoms with Gasteiger partial charge in [0.05, 0.1) is 25.6 Å². The summed E-state index contributed by atoms with van der Waals surface area (Å²) < 4.78 is 73.9. The minimum atomic E-state index is -5.08. The molecule has 4 rings (SSSR count). The Morgan fingerprint density at radius 1 is 1.06 bits per heavy atom. The minimum absolute atomic E-state index is 0.344. The number of fused-ring (bicyclic) bond motifs is 1. The van der Waals surface area contributed by atoms with Gasteiger partial charge < -0.3 is 24.1 Å². The van der Waals surface area contributed by atoms with Gasteiger partial charge in [-0.25, -0.2) is 19.6 Å². The van der Waals surface area contributed by atoms with Crippen molar-refractivity contribution in [1.82, 2.24) is 24.0 Å². The minimum Gasteiger partial charge on any atom is -0.475 e. The van der Waals surface area contributed by atoms with E-state index in [0.29, 0.717) is 18.1 Å². The summed E-state index contributed by atoms with van der Waals surface area (Å²) >= 11 is 0. The number of carboxylic acids is 2. The van der Waals surface area contributed by atoms with Gasteiger partial charge in [-0.15, -0.1) is 0 Å². The number of alkyl halides is 6. The van der Waals surface area contributed by atoms with Gasteiger partial charge in [0.2, 0.25) is 0 Å². The summed E-state index contributed by atoms with van der Waals surface area (Å²) in [6.07, 6.45) is 2.31. The molecule has 3 unspecified atom stereocenters. The van der Waals surface area contributed by atoms with Crippen molar-refractivity contribution in [2.75, 3.05) is 13.2 Å². The average molecular weight is 529 g/mol. The topological polar surface area (TPSA) is 123 Å². The third kappa shape index (κ3) is 8.51.